The molecule has 0 saturated heterocycles. The van der Waals surface area contributed by atoms with Gasteiger partial charge in [0.15, 0.2) is 0 Å². The third kappa shape index (κ3) is 4.88. The van der Waals surface area contributed by atoms with Crippen LogP contribution in [0.5, 0.6) is 5.75 Å². The Balaban J connectivity index is 2.48. The number of hydrogen-bond acceptors (Lipinski definition) is 5. The van der Waals surface area contributed by atoms with Crippen molar-refractivity contribution in [3.63, 3.8) is 0 Å². The van der Waals surface area contributed by atoms with Crippen LogP contribution >= 0.6 is 0 Å². The van der Waals surface area contributed by atoms with E-state index in [9.17, 15) is 4.79 Å². The molecule has 5 nitrogen and oxygen atoms in total. The van der Waals surface area contributed by atoms with Gasteiger partial charge in [0.25, 0.3) is 0 Å². The minimum absolute atomic E-state index is 0.199. The van der Waals surface area contributed by atoms with Crippen molar-refractivity contribution in [2.45, 2.75) is 19.8 Å². The molecule has 102 valence electrons. The molecule has 0 amide bonds. The van der Waals surface area contributed by atoms with Crippen molar-refractivity contribution >= 4 is 11.7 Å². The van der Waals surface area contributed by atoms with Gasteiger partial charge in [-0.05, 0) is 25.5 Å². The lowest BCUT2D eigenvalue weighted by Crippen LogP contribution is -2.08. The summed E-state index contributed by atoms with van der Waals surface area (Å²) in [7, 11) is 1.58. The van der Waals surface area contributed by atoms with E-state index in [2.05, 4.69) is 11.4 Å². The molecule has 19 heavy (non-hydrogen) atoms. The van der Waals surface area contributed by atoms with Crippen molar-refractivity contribution < 1.29 is 14.3 Å². The van der Waals surface area contributed by atoms with Crippen LogP contribution < -0.4 is 10.1 Å². The fourth-order valence-electron chi connectivity index (χ4n) is 1.58. The van der Waals surface area contributed by atoms with Crippen molar-refractivity contribution in [1.82, 2.24) is 0 Å². The highest BCUT2D eigenvalue weighted by Gasteiger charge is 2.05. The minimum Gasteiger partial charge on any atom is -0.497 e. The number of carbonyl (C=O) groups is 1. The molecule has 5 heteroatoms. The average molecular weight is 262 g/mol. The van der Waals surface area contributed by atoms with Crippen LogP contribution in [0.1, 0.15) is 25.3 Å². The zero-order valence-corrected chi connectivity index (χ0v) is 11.2. The summed E-state index contributed by atoms with van der Waals surface area (Å²) >= 11 is 0. The van der Waals surface area contributed by atoms with E-state index in [4.69, 9.17) is 14.7 Å². The zero-order chi connectivity index (χ0) is 14.1. The van der Waals surface area contributed by atoms with Crippen molar-refractivity contribution in [1.29, 1.82) is 5.26 Å². The van der Waals surface area contributed by atoms with Crippen molar-refractivity contribution in [2.24, 2.45) is 0 Å². The minimum atomic E-state index is -0.199. The summed E-state index contributed by atoms with van der Waals surface area (Å²) in [6.07, 6.45) is 1.02. The molecule has 1 aromatic rings. The van der Waals surface area contributed by atoms with Gasteiger partial charge in [0.1, 0.15) is 11.8 Å². The molecule has 0 aromatic heterocycles. The molecule has 1 N–H and O–H groups in total. The lowest BCUT2D eigenvalue weighted by Gasteiger charge is -2.09. The molecule has 0 fully saturated rings. The second kappa shape index (κ2) is 7.98. The Morgan fingerprint density at radius 3 is 2.89 bits per heavy atom. The van der Waals surface area contributed by atoms with Gasteiger partial charge >= 0.3 is 5.97 Å². The molecular formula is C14H18N2O3. The molecule has 0 atom stereocenters. The summed E-state index contributed by atoms with van der Waals surface area (Å²) < 4.78 is 9.94. The van der Waals surface area contributed by atoms with E-state index in [0.29, 0.717) is 43.0 Å². The summed E-state index contributed by atoms with van der Waals surface area (Å²) in [5, 5.41) is 12.1. The highest BCUT2D eigenvalue weighted by Crippen LogP contribution is 2.21. The van der Waals surface area contributed by atoms with E-state index in [-0.39, 0.29) is 5.97 Å². The predicted molar refractivity (Wildman–Crippen MR) is 72.1 cm³/mol. The fourth-order valence-corrected chi connectivity index (χ4v) is 1.58. The number of rotatable bonds is 7. The molecule has 0 aliphatic heterocycles. The third-order valence-electron chi connectivity index (χ3n) is 2.53. The Morgan fingerprint density at radius 2 is 2.26 bits per heavy atom. The second-order valence-electron chi connectivity index (χ2n) is 3.86. The first-order chi connectivity index (χ1) is 9.21. The SMILES string of the molecule is CCOC(=O)CCCNc1cc(OC)ccc1C#N. The quantitative estimate of drug-likeness (QED) is 0.603. The average Bonchev–Trinajstić information content (AvgIpc) is 2.43. The van der Waals surface area contributed by atoms with Crippen LogP contribution in [-0.4, -0.2) is 26.2 Å². The highest BCUT2D eigenvalue weighted by molar-refractivity contribution is 5.69. The molecule has 0 bridgehead atoms. The van der Waals surface area contributed by atoms with E-state index < -0.39 is 0 Å². The molecule has 0 spiro atoms. The Bertz CT molecular complexity index is 466. The number of methoxy groups -OCH3 is 1. The lowest BCUT2D eigenvalue weighted by atomic mass is 10.2. The van der Waals surface area contributed by atoms with E-state index >= 15 is 0 Å². The maximum Gasteiger partial charge on any atom is 0.305 e. The van der Waals surface area contributed by atoms with Gasteiger partial charge in [-0.3, -0.25) is 4.79 Å². The van der Waals surface area contributed by atoms with E-state index in [1.54, 1.807) is 32.2 Å². The van der Waals surface area contributed by atoms with Crippen molar-refractivity contribution in [2.75, 3.05) is 25.6 Å². The lowest BCUT2D eigenvalue weighted by molar-refractivity contribution is -0.143. The molecule has 0 radical (unpaired) electrons. The largest absolute Gasteiger partial charge is 0.497 e. The molecule has 1 rings (SSSR count). The first-order valence-corrected chi connectivity index (χ1v) is 6.19. The normalized spacial score (nSPS) is 9.53. The number of nitrogens with zero attached hydrogens (tertiary/aromatic N) is 1. The van der Waals surface area contributed by atoms with Crippen LogP contribution in [0.2, 0.25) is 0 Å². The topological polar surface area (TPSA) is 71.3 Å². The van der Waals surface area contributed by atoms with E-state index in [1.165, 1.54) is 0 Å². The van der Waals surface area contributed by atoms with Crippen LogP contribution in [0.3, 0.4) is 0 Å². The number of anilines is 1. The summed E-state index contributed by atoms with van der Waals surface area (Å²) in [4.78, 5) is 11.2. The Hall–Kier alpha value is -2.22. The van der Waals surface area contributed by atoms with Gasteiger partial charge in [0, 0.05) is 19.0 Å². The first-order valence-electron chi connectivity index (χ1n) is 6.19. The number of nitrogens with one attached hydrogen (secondary N) is 1. The number of hydrogen-bond donors (Lipinski definition) is 1. The Morgan fingerprint density at radius 1 is 1.47 bits per heavy atom. The van der Waals surface area contributed by atoms with E-state index in [1.807, 2.05) is 0 Å². The molecule has 0 saturated carbocycles. The molecule has 1 aromatic carbocycles. The molecule has 0 aliphatic rings. The Kier molecular flexibility index (Phi) is 6.23. The van der Waals surface area contributed by atoms with Crippen LogP contribution in [-0.2, 0) is 9.53 Å². The summed E-state index contributed by atoms with van der Waals surface area (Å²) in [6, 6.07) is 7.31. The van der Waals surface area contributed by atoms with E-state index in [0.717, 1.165) is 0 Å². The van der Waals surface area contributed by atoms with Crippen LogP contribution in [0.25, 0.3) is 0 Å². The maximum atomic E-state index is 11.2. The Labute approximate surface area is 113 Å². The smallest absolute Gasteiger partial charge is 0.305 e. The van der Waals surface area contributed by atoms with Crippen LogP contribution in [0.4, 0.5) is 5.69 Å². The molecule has 0 aliphatic carbocycles. The second-order valence-corrected chi connectivity index (χ2v) is 3.86. The zero-order valence-electron chi connectivity index (χ0n) is 11.2. The highest BCUT2D eigenvalue weighted by atomic mass is 16.5. The van der Waals surface area contributed by atoms with Gasteiger partial charge < -0.3 is 14.8 Å². The molecule has 0 heterocycles. The van der Waals surface area contributed by atoms with Gasteiger partial charge in [-0.1, -0.05) is 0 Å². The standard InChI is InChI=1S/C14H18N2O3/c1-3-19-14(17)5-4-8-16-13-9-12(18-2)7-6-11(13)10-15/h6-7,9,16H,3-5,8H2,1-2H3. The first kappa shape index (κ1) is 14.8. The molecular weight excluding hydrogens is 244 g/mol. The number of benzene rings is 1. The van der Waals surface area contributed by atoms with Gasteiger partial charge in [-0.25, -0.2) is 0 Å². The number of carbonyl (C=O) groups excluding carboxylic acids is 1. The van der Waals surface area contributed by atoms with Gasteiger partial charge in [0.05, 0.1) is 25.0 Å². The summed E-state index contributed by atoms with van der Waals surface area (Å²) in [5.74, 6) is 0.488. The number of nitriles is 1. The predicted octanol–water partition coefficient (Wildman–Crippen LogP) is 2.32. The summed E-state index contributed by atoms with van der Waals surface area (Å²) in [6.45, 7) is 2.78. The van der Waals surface area contributed by atoms with Gasteiger partial charge in [0.2, 0.25) is 0 Å². The third-order valence-corrected chi connectivity index (χ3v) is 2.53. The van der Waals surface area contributed by atoms with Gasteiger partial charge in [-0.15, -0.1) is 0 Å². The van der Waals surface area contributed by atoms with Gasteiger partial charge in [-0.2, -0.15) is 5.26 Å². The monoisotopic (exact) mass is 262 g/mol. The summed E-state index contributed by atoms with van der Waals surface area (Å²) in [5.41, 5.74) is 1.27. The maximum absolute atomic E-state index is 11.2. The molecule has 0 unspecified atom stereocenters. The number of esters is 1. The number of ether oxygens (including phenoxy) is 2. The van der Waals surface area contributed by atoms with Crippen molar-refractivity contribution in [3.05, 3.63) is 23.8 Å². The van der Waals surface area contributed by atoms with Crippen LogP contribution in [0.15, 0.2) is 18.2 Å². The van der Waals surface area contributed by atoms with Crippen molar-refractivity contribution in [3.8, 4) is 11.8 Å². The van der Waals surface area contributed by atoms with Crippen LogP contribution in [0, 0.1) is 11.3 Å². The fraction of sp³-hybridized carbons (Fsp3) is 0.429.